The number of hydrogen-bond donors (Lipinski definition) is 6. The topological polar surface area (TPSA) is 213 Å². The molecule has 0 atom stereocenters. The Morgan fingerprint density at radius 3 is 1.39 bits per heavy atom. The van der Waals surface area contributed by atoms with E-state index < -0.39 is 0 Å². The maximum atomic E-state index is 13.7. The van der Waals surface area contributed by atoms with Gasteiger partial charge >= 0.3 is 0 Å². The second kappa shape index (κ2) is 24.7. The summed E-state index contributed by atoms with van der Waals surface area (Å²) in [5.41, 5.74) is 4.56. The zero-order valence-electron chi connectivity index (χ0n) is 41.0. The Kier molecular flexibility index (Phi) is 18.0. The van der Waals surface area contributed by atoms with Crippen LogP contribution in [0.5, 0.6) is 23.0 Å². The molecule has 2 aromatic heterocycles. The van der Waals surface area contributed by atoms with Gasteiger partial charge in [0.25, 0.3) is 11.8 Å². The van der Waals surface area contributed by atoms with E-state index in [0.29, 0.717) is 58.4 Å². The van der Waals surface area contributed by atoms with Crippen LogP contribution in [0.4, 0.5) is 0 Å². The molecule has 1 fully saturated rings. The second-order valence-electron chi connectivity index (χ2n) is 18.8. The lowest BCUT2D eigenvalue weighted by atomic mass is 9.98. The highest BCUT2D eigenvalue weighted by atomic mass is 16.5. The molecule has 1 aliphatic rings. The molecule has 0 unspecified atom stereocenters. The molecule has 0 aliphatic carbocycles. The molecule has 70 heavy (non-hydrogen) atoms. The Bertz CT molecular complexity index is 2660. The van der Waals surface area contributed by atoms with Gasteiger partial charge in [0.15, 0.2) is 11.6 Å². The van der Waals surface area contributed by atoms with E-state index in [2.05, 4.69) is 35.9 Å². The van der Waals surface area contributed by atoms with Gasteiger partial charge in [0.05, 0.1) is 24.3 Å². The molecule has 1 aliphatic heterocycles. The Hall–Kier alpha value is -6.78. The van der Waals surface area contributed by atoms with Gasteiger partial charge in [-0.05, 0) is 77.8 Å². The van der Waals surface area contributed by atoms with Gasteiger partial charge in [-0.2, -0.15) is 0 Å². The third-order valence-electron chi connectivity index (χ3n) is 12.9. The number of aromatic nitrogens is 6. The Labute approximate surface area is 410 Å². The Morgan fingerprint density at radius 1 is 0.543 bits per heavy atom. The fourth-order valence-corrected chi connectivity index (χ4v) is 8.92. The van der Waals surface area contributed by atoms with E-state index >= 15 is 0 Å². The number of phenols is 4. The zero-order valence-corrected chi connectivity index (χ0v) is 41.0. The van der Waals surface area contributed by atoms with E-state index in [0.717, 1.165) is 103 Å². The summed E-state index contributed by atoms with van der Waals surface area (Å²) in [6, 6.07) is 23.3. The molecule has 1 saturated heterocycles. The number of benzene rings is 4. The van der Waals surface area contributed by atoms with Crippen LogP contribution in [0.25, 0.3) is 34.2 Å². The van der Waals surface area contributed by atoms with E-state index in [1.165, 1.54) is 18.6 Å². The number of nitrogens with zero attached hydrogens (tertiary/aromatic N) is 7. The quantitative estimate of drug-likeness (QED) is 0.0313. The number of para-hydroxylation sites is 1. The molecule has 372 valence electrons. The maximum absolute atomic E-state index is 13.7. The van der Waals surface area contributed by atoms with E-state index in [4.69, 9.17) is 4.74 Å². The van der Waals surface area contributed by atoms with Crippen molar-refractivity contribution in [3.05, 3.63) is 107 Å². The average molecular weight is 956 g/mol. The smallest absolute Gasteiger partial charge is 0.289 e. The van der Waals surface area contributed by atoms with Crippen molar-refractivity contribution in [2.45, 2.75) is 117 Å². The van der Waals surface area contributed by atoms with E-state index in [1.54, 1.807) is 21.3 Å². The molecule has 0 radical (unpaired) electrons. The summed E-state index contributed by atoms with van der Waals surface area (Å²) in [6.45, 7) is 12.8. The first-order chi connectivity index (χ1) is 33.9. The highest BCUT2D eigenvalue weighted by molar-refractivity contribution is 5.93. The fourth-order valence-electron chi connectivity index (χ4n) is 8.92. The maximum Gasteiger partial charge on any atom is 0.289 e. The first-order valence-corrected chi connectivity index (χ1v) is 25.0. The molecule has 3 heterocycles. The predicted octanol–water partition coefficient (Wildman–Crippen LogP) is 9.53. The number of morpholine rings is 1. The van der Waals surface area contributed by atoms with Crippen LogP contribution in [0, 0.1) is 0 Å². The minimum atomic E-state index is -0.351. The Balaban J connectivity index is 0.816. The van der Waals surface area contributed by atoms with Crippen LogP contribution in [0.2, 0.25) is 0 Å². The summed E-state index contributed by atoms with van der Waals surface area (Å²) >= 11 is 0. The highest BCUT2D eigenvalue weighted by Crippen LogP contribution is 2.40. The number of hydrogen-bond acceptors (Lipinski definition) is 12. The van der Waals surface area contributed by atoms with Gasteiger partial charge in [0.1, 0.15) is 23.0 Å². The molecule has 0 saturated carbocycles. The summed E-state index contributed by atoms with van der Waals surface area (Å²) in [6.07, 6.45) is 11.6. The minimum Gasteiger partial charge on any atom is -0.508 e. The highest BCUT2D eigenvalue weighted by Gasteiger charge is 2.26. The van der Waals surface area contributed by atoms with Gasteiger partial charge in [0.2, 0.25) is 11.6 Å². The monoisotopic (exact) mass is 956 g/mol. The predicted molar refractivity (Wildman–Crippen MR) is 270 cm³/mol. The number of rotatable bonds is 24. The van der Waals surface area contributed by atoms with Crippen molar-refractivity contribution in [2.75, 3.05) is 39.4 Å². The van der Waals surface area contributed by atoms with Crippen molar-refractivity contribution in [1.82, 2.24) is 45.1 Å². The molecule has 4 aromatic carbocycles. The number of aromatic hydroxyl groups is 4. The normalized spacial score (nSPS) is 13.1. The van der Waals surface area contributed by atoms with Crippen LogP contribution < -0.4 is 10.6 Å². The number of carbonyl (C=O) groups excluding carboxylic acids is 2. The van der Waals surface area contributed by atoms with Gasteiger partial charge in [-0.25, -0.2) is 0 Å². The minimum absolute atomic E-state index is 0.000992. The summed E-state index contributed by atoms with van der Waals surface area (Å²) < 4.78 is 8.82. The van der Waals surface area contributed by atoms with Crippen molar-refractivity contribution in [3.8, 4) is 57.1 Å². The summed E-state index contributed by atoms with van der Waals surface area (Å²) in [5, 5.41) is 66.1. The average Bonchev–Trinajstić information content (AvgIpc) is 3.99. The molecule has 16 nitrogen and oxygen atoms in total. The number of phenolic OH excluding ortho intramolecular Hbond substituents is 4. The molecule has 0 bridgehead atoms. The summed E-state index contributed by atoms with van der Waals surface area (Å²) in [5.74, 6) is -0.174. The third kappa shape index (κ3) is 12.9. The van der Waals surface area contributed by atoms with Crippen LogP contribution in [0.1, 0.15) is 148 Å². The molecule has 7 rings (SSSR count). The number of ether oxygens (including phenoxy) is 1. The van der Waals surface area contributed by atoms with Gasteiger partial charge in [-0.15, -0.1) is 20.4 Å². The molecular formula is C54H69N9O7. The lowest BCUT2D eigenvalue weighted by molar-refractivity contribution is 0.0342. The van der Waals surface area contributed by atoms with Gasteiger partial charge in [0, 0.05) is 56.2 Å². The molecule has 6 aromatic rings. The van der Waals surface area contributed by atoms with Crippen molar-refractivity contribution < 1.29 is 34.8 Å². The van der Waals surface area contributed by atoms with Gasteiger partial charge < -0.3 is 35.8 Å². The molecule has 16 heteroatoms. The zero-order chi connectivity index (χ0) is 49.6. The van der Waals surface area contributed by atoms with E-state index in [-0.39, 0.29) is 58.3 Å². The number of amides is 2. The van der Waals surface area contributed by atoms with Crippen molar-refractivity contribution >= 4 is 11.8 Å². The summed E-state index contributed by atoms with van der Waals surface area (Å²) in [4.78, 5) is 29.5. The number of unbranched alkanes of at least 4 members (excludes halogenated alkanes) is 10. The van der Waals surface area contributed by atoms with E-state index in [9.17, 15) is 30.0 Å². The largest absolute Gasteiger partial charge is 0.508 e. The van der Waals surface area contributed by atoms with Gasteiger partial charge in [-0.1, -0.05) is 116 Å². The van der Waals surface area contributed by atoms with Gasteiger partial charge in [-0.3, -0.25) is 23.6 Å². The van der Waals surface area contributed by atoms with Crippen molar-refractivity contribution in [1.29, 1.82) is 0 Å². The molecule has 2 amide bonds. The first kappa shape index (κ1) is 51.1. The van der Waals surface area contributed by atoms with Crippen molar-refractivity contribution in [3.63, 3.8) is 0 Å². The first-order valence-electron chi connectivity index (χ1n) is 25.0. The van der Waals surface area contributed by atoms with Crippen molar-refractivity contribution in [2.24, 2.45) is 0 Å². The molecule has 6 N–H and O–H groups in total. The molecule has 0 spiro atoms. The SMILES string of the molecule is CC(C)c1cc(-c2nnc(C(=O)NCCCCCCCCCCCCCNC(=O)c3nnc(-c4cc(C(C)C)c(O)cc4O)n3-c3ccc(CN4CCOCC4)cc3)n2-c2ccccc2)c(O)cc1O. The number of carbonyl (C=O) groups is 2. The standard InChI is InChI=1S/C54H69N9O7/c1-36(2)41-31-43(47(66)33-45(41)64)49-57-59-51(62(49)39-19-15-14-16-20-39)53(68)55-25-17-12-10-8-6-5-7-9-11-13-18-26-56-54(69)52-60-58-50(44-32-42(37(3)4)46(65)34-48(44)67)63(52)40-23-21-38(22-24-40)35-61-27-29-70-30-28-61/h14-16,19-24,31-34,36-37,64-67H,5-13,17-18,25-30,35H2,1-4H3,(H,55,68)(H,56,69). The molecular weight excluding hydrogens is 887 g/mol. The lowest BCUT2D eigenvalue weighted by Gasteiger charge is -2.26. The summed E-state index contributed by atoms with van der Waals surface area (Å²) in [7, 11) is 0. The van der Waals surface area contributed by atoms with Crippen LogP contribution in [-0.4, -0.2) is 106 Å². The third-order valence-corrected chi connectivity index (χ3v) is 12.9. The Morgan fingerprint density at radius 2 is 0.957 bits per heavy atom. The van der Waals surface area contributed by atoms with E-state index in [1.807, 2.05) is 82.3 Å². The number of nitrogens with one attached hydrogen (secondary N) is 2. The van der Waals surface area contributed by atoms with Crippen LogP contribution in [0.3, 0.4) is 0 Å². The lowest BCUT2D eigenvalue weighted by Crippen LogP contribution is -2.35. The van der Waals surface area contributed by atoms with Crippen LogP contribution in [0.15, 0.2) is 78.9 Å². The van der Waals surface area contributed by atoms with Crippen LogP contribution in [-0.2, 0) is 11.3 Å². The van der Waals surface area contributed by atoms with Crippen LogP contribution >= 0.6 is 0 Å². The fraction of sp³-hybridized carbons (Fsp3) is 0.444. The second-order valence-corrected chi connectivity index (χ2v) is 18.8.